The quantitative estimate of drug-likeness (QED) is 0.749. The molecule has 0 fully saturated rings. The van der Waals surface area contributed by atoms with E-state index < -0.39 is 0 Å². The average molecular weight is 209 g/mol. The largest absolute Gasteiger partial charge is 0.339 e. The number of hydrogen-bond donors (Lipinski definition) is 0. The van der Waals surface area contributed by atoms with Gasteiger partial charge in [0.2, 0.25) is 0 Å². The van der Waals surface area contributed by atoms with E-state index >= 15 is 0 Å². The minimum atomic E-state index is -0.326. The zero-order valence-electron chi connectivity index (χ0n) is 9.38. The predicted molar refractivity (Wildman–Crippen MR) is 58.4 cm³/mol. The van der Waals surface area contributed by atoms with Crippen LogP contribution >= 0.6 is 0 Å². The fourth-order valence-corrected chi connectivity index (χ4v) is 1.42. The third kappa shape index (κ3) is 2.55. The third-order valence-electron chi connectivity index (χ3n) is 2.47. The molecule has 1 amide bonds. The van der Waals surface area contributed by atoms with Crippen LogP contribution in [0.4, 0.5) is 4.39 Å². The highest BCUT2D eigenvalue weighted by molar-refractivity contribution is 5.94. The fraction of sp³-hybridized carbons (Fsp3) is 0.417. The maximum atomic E-state index is 13.2. The fourth-order valence-electron chi connectivity index (χ4n) is 1.42. The summed E-state index contributed by atoms with van der Waals surface area (Å²) in [5, 5.41) is 0. The Balaban J connectivity index is 2.96. The highest BCUT2D eigenvalue weighted by Gasteiger charge is 2.13. The van der Waals surface area contributed by atoms with Crippen LogP contribution in [0.3, 0.4) is 0 Å². The molecule has 0 unspecified atom stereocenters. The summed E-state index contributed by atoms with van der Waals surface area (Å²) in [5.41, 5.74) is 0.980. The van der Waals surface area contributed by atoms with Crippen molar-refractivity contribution in [3.8, 4) is 0 Å². The second-order valence-electron chi connectivity index (χ2n) is 3.44. The van der Waals surface area contributed by atoms with E-state index in [2.05, 4.69) is 0 Å². The first-order valence-electron chi connectivity index (χ1n) is 5.15. The normalized spacial score (nSPS) is 10.1. The van der Waals surface area contributed by atoms with Crippen molar-refractivity contribution in [2.24, 2.45) is 0 Å². The van der Waals surface area contributed by atoms with Gasteiger partial charge < -0.3 is 4.90 Å². The van der Waals surface area contributed by atoms with Crippen molar-refractivity contribution in [3.05, 3.63) is 35.1 Å². The lowest BCUT2D eigenvalue weighted by molar-refractivity contribution is 0.0772. The lowest BCUT2D eigenvalue weighted by Crippen LogP contribution is -2.30. The maximum Gasteiger partial charge on any atom is 0.253 e. The number of hydrogen-bond acceptors (Lipinski definition) is 1. The Bertz CT molecular complexity index is 359. The zero-order chi connectivity index (χ0) is 11.4. The van der Waals surface area contributed by atoms with Crippen LogP contribution in [-0.4, -0.2) is 23.9 Å². The molecule has 0 aromatic heterocycles. The average Bonchev–Trinajstić information content (AvgIpc) is 2.23. The second-order valence-corrected chi connectivity index (χ2v) is 3.44. The van der Waals surface area contributed by atoms with Gasteiger partial charge in [-0.3, -0.25) is 4.79 Å². The number of nitrogens with zero attached hydrogens (tertiary/aromatic N) is 1. The van der Waals surface area contributed by atoms with Crippen LogP contribution in [0.15, 0.2) is 18.2 Å². The summed E-state index contributed by atoms with van der Waals surface area (Å²) < 4.78 is 13.2. The Labute approximate surface area is 89.7 Å². The first-order chi connectivity index (χ1) is 7.10. The van der Waals surface area contributed by atoms with Gasteiger partial charge in [0, 0.05) is 18.7 Å². The summed E-state index contributed by atoms with van der Waals surface area (Å²) in [5.74, 6) is -0.438. The summed E-state index contributed by atoms with van der Waals surface area (Å²) in [6, 6.07) is 4.60. The van der Waals surface area contributed by atoms with E-state index in [0.29, 0.717) is 24.2 Å². The molecule has 0 N–H and O–H groups in total. The molecule has 82 valence electrons. The lowest BCUT2D eigenvalue weighted by atomic mass is 10.1. The van der Waals surface area contributed by atoms with Crippen molar-refractivity contribution in [2.75, 3.05) is 13.1 Å². The molecule has 15 heavy (non-hydrogen) atoms. The monoisotopic (exact) mass is 209 g/mol. The molecule has 0 aliphatic rings. The van der Waals surface area contributed by atoms with Crippen LogP contribution in [0.1, 0.15) is 29.8 Å². The first kappa shape index (κ1) is 11.7. The van der Waals surface area contributed by atoms with Gasteiger partial charge in [-0.05, 0) is 38.5 Å². The van der Waals surface area contributed by atoms with Crippen LogP contribution in [0.2, 0.25) is 0 Å². The summed E-state index contributed by atoms with van der Waals surface area (Å²) in [6.07, 6.45) is 0. The number of carbonyl (C=O) groups excluding carboxylic acids is 1. The molecule has 2 nitrogen and oxygen atoms in total. The van der Waals surface area contributed by atoms with Crippen LogP contribution in [0, 0.1) is 12.7 Å². The molecule has 1 rings (SSSR count). The maximum absolute atomic E-state index is 13.2. The summed E-state index contributed by atoms with van der Waals surface area (Å²) in [7, 11) is 0. The predicted octanol–water partition coefficient (Wildman–Crippen LogP) is 2.62. The molecule has 0 heterocycles. The Morgan fingerprint density at radius 1 is 1.33 bits per heavy atom. The highest BCUT2D eigenvalue weighted by atomic mass is 19.1. The van der Waals surface area contributed by atoms with Crippen molar-refractivity contribution in [1.82, 2.24) is 4.90 Å². The van der Waals surface area contributed by atoms with Crippen molar-refractivity contribution in [3.63, 3.8) is 0 Å². The Kier molecular flexibility index (Phi) is 3.83. The number of aryl methyl sites for hydroxylation is 1. The van der Waals surface area contributed by atoms with Gasteiger partial charge in [0.15, 0.2) is 0 Å². The number of halogens is 1. The molecule has 0 radical (unpaired) electrons. The summed E-state index contributed by atoms with van der Waals surface area (Å²) >= 11 is 0. The standard InChI is InChI=1S/C12H16FNO/c1-4-14(5-2)12(15)10-7-6-9(3)11(13)8-10/h6-8H,4-5H2,1-3H3. The smallest absolute Gasteiger partial charge is 0.253 e. The van der Waals surface area contributed by atoms with E-state index in [1.165, 1.54) is 6.07 Å². The van der Waals surface area contributed by atoms with Crippen LogP contribution in [-0.2, 0) is 0 Å². The minimum absolute atomic E-state index is 0.112. The van der Waals surface area contributed by atoms with E-state index in [9.17, 15) is 9.18 Å². The molecule has 0 aliphatic heterocycles. The molecule has 0 bridgehead atoms. The van der Waals surface area contributed by atoms with Gasteiger partial charge in [-0.1, -0.05) is 6.07 Å². The van der Waals surface area contributed by atoms with Gasteiger partial charge in [0.25, 0.3) is 5.91 Å². The van der Waals surface area contributed by atoms with Crippen molar-refractivity contribution in [1.29, 1.82) is 0 Å². The minimum Gasteiger partial charge on any atom is -0.339 e. The number of benzene rings is 1. The van der Waals surface area contributed by atoms with E-state index in [-0.39, 0.29) is 11.7 Å². The van der Waals surface area contributed by atoms with Crippen LogP contribution < -0.4 is 0 Å². The highest BCUT2D eigenvalue weighted by Crippen LogP contribution is 2.11. The van der Waals surface area contributed by atoms with Gasteiger partial charge in [0.05, 0.1) is 0 Å². The Morgan fingerprint density at radius 2 is 1.93 bits per heavy atom. The molecule has 0 spiro atoms. The van der Waals surface area contributed by atoms with Gasteiger partial charge >= 0.3 is 0 Å². The Morgan fingerprint density at radius 3 is 2.40 bits per heavy atom. The molecule has 1 aromatic rings. The molecule has 0 saturated carbocycles. The molecular weight excluding hydrogens is 193 g/mol. The summed E-state index contributed by atoms with van der Waals surface area (Å²) in [6.45, 7) is 6.79. The van der Waals surface area contributed by atoms with Gasteiger partial charge in [-0.15, -0.1) is 0 Å². The van der Waals surface area contributed by atoms with E-state index in [1.54, 1.807) is 24.0 Å². The molecule has 0 saturated heterocycles. The molecule has 0 aliphatic carbocycles. The van der Waals surface area contributed by atoms with E-state index in [0.717, 1.165) is 0 Å². The Hall–Kier alpha value is -1.38. The van der Waals surface area contributed by atoms with Gasteiger partial charge in [-0.2, -0.15) is 0 Å². The van der Waals surface area contributed by atoms with Crippen LogP contribution in [0.25, 0.3) is 0 Å². The van der Waals surface area contributed by atoms with Gasteiger partial charge in [-0.25, -0.2) is 4.39 Å². The summed E-state index contributed by atoms with van der Waals surface area (Å²) in [4.78, 5) is 13.5. The number of carbonyl (C=O) groups is 1. The molecular formula is C12H16FNO. The van der Waals surface area contributed by atoms with E-state index in [1.807, 2.05) is 13.8 Å². The van der Waals surface area contributed by atoms with Crippen molar-refractivity contribution in [2.45, 2.75) is 20.8 Å². The van der Waals surface area contributed by atoms with Crippen molar-refractivity contribution >= 4 is 5.91 Å². The van der Waals surface area contributed by atoms with Crippen LogP contribution in [0.5, 0.6) is 0 Å². The zero-order valence-corrected chi connectivity index (χ0v) is 9.38. The third-order valence-corrected chi connectivity index (χ3v) is 2.47. The lowest BCUT2D eigenvalue weighted by Gasteiger charge is -2.18. The number of amides is 1. The topological polar surface area (TPSA) is 20.3 Å². The molecule has 0 atom stereocenters. The van der Waals surface area contributed by atoms with E-state index in [4.69, 9.17) is 0 Å². The van der Waals surface area contributed by atoms with Gasteiger partial charge in [0.1, 0.15) is 5.82 Å². The molecule has 1 aromatic carbocycles. The first-order valence-corrected chi connectivity index (χ1v) is 5.15. The molecule has 3 heteroatoms. The number of rotatable bonds is 3. The van der Waals surface area contributed by atoms with Crippen molar-refractivity contribution < 1.29 is 9.18 Å². The SMILES string of the molecule is CCN(CC)C(=O)c1ccc(C)c(F)c1. The second kappa shape index (κ2) is 4.91.